The predicted octanol–water partition coefficient (Wildman–Crippen LogP) is 4.01. The summed E-state index contributed by atoms with van der Waals surface area (Å²) in [7, 11) is 1.66. The van der Waals surface area contributed by atoms with Gasteiger partial charge in [0.2, 0.25) is 0 Å². The molecule has 100 valence electrons. The van der Waals surface area contributed by atoms with E-state index in [1.807, 2.05) is 38.1 Å². The minimum Gasteiger partial charge on any atom is -0.496 e. The van der Waals surface area contributed by atoms with Gasteiger partial charge in [0.05, 0.1) is 13.2 Å². The van der Waals surface area contributed by atoms with Gasteiger partial charge in [-0.2, -0.15) is 0 Å². The van der Waals surface area contributed by atoms with Crippen molar-refractivity contribution in [1.82, 2.24) is 0 Å². The third-order valence-electron chi connectivity index (χ3n) is 3.14. The summed E-state index contributed by atoms with van der Waals surface area (Å²) in [5, 5.41) is 0.706. The first-order chi connectivity index (χ1) is 9.01. The minimum atomic E-state index is -0.243. The SMILES string of the molecule is COc1ccc(C)cc1C(N)c1cc(C)cc(Cl)c1. The summed E-state index contributed by atoms with van der Waals surface area (Å²) < 4.78 is 5.39. The molecule has 0 heterocycles. The Balaban J connectivity index is 2.48. The van der Waals surface area contributed by atoms with Crippen LogP contribution in [0.5, 0.6) is 5.75 Å². The minimum absolute atomic E-state index is 0.243. The Morgan fingerprint density at radius 2 is 1.79 bits per heavy atom. The van der Waals surface area contributed by atoms with Crippen LogP contribution in [0.3, 0.4) is 0 Å². The zero-order chi connectivity index (χ0) is 14.0. The fourth-order valence-electron chi connectivity index (χ4n) is 2.22. The van der Waals surface area contributed by atoms with E-state index in [0.29, 0.717) is 5.02 Å². The van der Waals surface area contributed by atoms with E-state index in [1.54, 1.807) is 7.11 Å². The lowest BCUT2D eigenvalue weighted by Crippen LogP contribution is -2.13. The van der Waals surface area contributed by atoms with Crippen molar-refractivity contribution in [2.75, 3.05) is 7.11 Å². The van der Waals surface area contributed by atoms with Crippen LogP contribution < -0.4 is 10.5 Å². The zero-order valence-electron chi connectivity index (χ0n) is 11.4. The lowest BCUT2D eigenvalue weighted by atomic mass is 9.96. The average molecular weight is 276 g/mol. The summed E-state index contributed by atoms with van der Waals surface area (Å²) in [4.78, 5) is 0. The fraction of sp³-hybridized carbons (Fsp3) is 0.250. The van der Waals surface area contributed by atoms with Gasteiger partial charge in [0.25, 0.3) is 0 Å². The van der Waals surface area contributed by atoms with Crippen LogP contribution in [0, 0.1) is 13.8 Å². The van der Waals surface area contributed by atoms with Crippen LogP contribution in [-0.2, 0) is 0 Å². The van der Waals surface area contributed by atoms with Crippen LogP contribution in [-0.4, -0.2) is 7.11 Å². The predicted molar refractivity (Wildman–Crippen MR) is 80.0 cm³/mol. The summed E-state index contributed by atoms with van der Waals surface area (Å²) in [5.41, 5.74) is 10.6. The Bertz CT molecular complexity index is 575. The number of hydrogen-bond acceptors (Lipinski definition) is 2. The highest BCUT2D eigenvalue weighted by Crippen LogP contribution is 2.30. The van der Waals surface area contributed by atoms with Crippen LogP contribution in [0.15, 0.2) is 36.4 Å². The van der Waals surface area contributed by atoms with E-state index in [-0.39, 0.29) is 6.04 Å². The molecule has 0 aliphatic heterocycles. The van der Waals surface area contributed by atoms with E-state index in [2.05, 4.69) is 12.1 Å². The highest BCUT2D eigenvalue weighted by atomic mass is 35.5. The highest BCUT2D eigenvalue weighted by Gasteiger charge is 2.15. The number of rotatable bonds is 3. The second-order valence-electron chi connectivity index (χ2n) is 4.78. The van der Waals surface area contributed by atoms with Crippen molar-refractivity contribution >= 4 is 11.6 Å². The lowest BCUT2D eigenvalue weighted by Gasteiger charge is -2.17. The number of halogens is 1. The topological polar surface area (TPSA) is 35.2 Å². The summed E-state index contributed by atoms with van der Waals surface area (Å²) in [6, 6.07) is 11.7. The Morgan fingerprint density at radius 1 is 1.05 bits per heavy atom. The molecule has 0 bridgehead atoms. The van der Waals surface area contributed by atoms with E-state index in [4.69, 9.17) is 22.1 Å². The molecule has 0 saturated carbocycles. The van der Waals surface area contributed by atoms with Gasteiger partial charge in [-0.25, -0.2) is 0 Å². The molecule has 2 aromatic carbocycles. The first-order valence-corrected chi connectivity index (χ1v) is 6.56. The molecule has 19 heavy (non-hydrogen) atoms. The molecule has 0 amide bonds. The van der Waals surface area contributed by atoms with Crippen molar-refractivity contribution in [1.29, 1.82) is 0 Å². The Hall–Kier alpha value is -1.51. The van der Waals surface area contributed by atoms with Gasteiger partial charge in [-0.1, -0.05) is 35.4 Å². The van der Waals surface area contributed by atoms with Crippen LogP contribution in [0.2, 0.25) is 5.02 Å². The molecule has 2 aromatic rings. The summed E-state index contributed by atoms with van der Waals surface area (Å²) in [6.45, 7) is 4.05. The molecule has 2 rings (SSSR count). The third kappa shape index (κ3) is 3.09. The van der Waals surface area contributed by atoms with E-state index in [0.717, 1.165) is 28.0 Å². The number of hydrogen-bond donors (Lipinski definition) is 1. The van der Waals surface area contributed by atoms with Gasteiger partial charge < -0.3 is 10.5 Å². The van der Waals surface area contributed by atoms with Crippen LogP contribution >= 0.6 is 11.6 Å². The molecule has 1 atom stereocenters. The monoisotopic (exact) mass is 275 g/mol. The maximum atomic E-state index is 6.36. The van der Waals surface area contributed by atoms with Crippen LogP contribution in [0.25, 0.3) is 0 Å². The highest BCUT2D eigenvalue weighted by molar-refractivity contribution is 6.30. The molecule has 0 aromatic heterocycles. The van der Waals surface area contributed by atoms with Crippen molar-refractivity contribution in [2.24, 2.45) is 5.73 Å². The van der Waals surface area contributed by atoms with Crippen molar-refractivity contribution in [3.05, 3.63) is 63.7 Å². The first kappa shape index (κ1) is 13.9. The van der Waals surface area contributed by atoms with Crippen molar-refractivity contribution in [3.63, 3.8) is 0 Å². The number of methoxy groups -OCH3 is 1. The molecule has 0 aliphatic rings. The zero-order valence-corrected chi connectivity index (χ0v) is 12.2. The van der Waals surface area contributed by atoms with Gasteiger partial charge >= 0.3 is 0 Å². The maximum Gasteiger partial charge on any atom is 0.123 e. The number of nitrogens with two attached hydrogens (primary N) is 1. The largest absolute Gasteiger partial charge is 0.496 e. The maximum absolute atomic E-state index is 6.36. The molecule has 0 saturated heterocycles. The van der Waals surface area contributed by atoms with Crippen LogP contribution in [0.4, 0.5) is 0 Å². The quantitative estimate of drug-likeness (QED) is 0.918. The van der Waals surface area contributed by atoms with Gasteiger partial charge in [0, 0.05) is 10.6 Å². The first-order valence-electron chi connectivity index (χ1n) is 6.18. The second kappa shape index (κ2) is 5.64. The summed E-state index contributed by atoms with van der Waals surface area (Å²) in [5.74, 6) is 0.802. The van der Waals surface area contributed by atoms with E-state index in [9.17, 15) is 0 Å². The van der Waals surface area contributed by atoms with Gasteiger partial charge in [-0.15, -0.1) is 0 Å². The molecule has 0 aliphatic carbocycles. The van der Waals surface area contributed by atoms with Gasteiger partial charge in [-0.05, 0) is 43.2 Å². The Morgan fingerprint density at radius 3 is 2.42 bits per heavy atom. The summed E-state index contributed by atoms with van der Waals surface area (Å²) >= 11 is 6.10. The summed E-state index contributed by atoms with van der Waals surface area (Å²) in [6.07, 6.45) is 0. The molecule has 1 unspecified atom stereocenters. The lowest BCUT2D eigenvalue weighted by molar-refractivity contribution is 0.407. The molecular weight excluding hydrogens is 258 g/mol. The van der Waals surface area contributed by atoms with Crippen LogP contribution in [0.1, 0.15) is 28.3 Å². The number of aryl methyl sites for hydroxylation is 2. The van der Waals surface area contributed by atoms with E-state index < -0.39 is 0 Å². The molecule has 0 radical (unpaired) electrons. The average Bonchev–Trinajstić information content (AvgIpc) is 2.36. The number of ether oxygens (including phenoxy) is 1. The third-order valence-corrected chi connectivity index (χ3v) is 3.36. The van der Waals surface area contributed by atoms with Crippen molar-refractivity contribution < 1.29 is 4.74 Å². The molecular formula is C16H18ClNO. The Labute approximate surface area is 119 Å². The molecule has 0 spiro atoms. The van der Waals surface area contributed by atoms with Crippen molar-refractivity contribution in [3.8, 4) is 5.75 Å². The molecule has 2 nitrogen and oxygen atoms in total. The Kier molecular flexibility index (Phi) is 4.13. The molecule has 2 N–H and O–H groups in total. The van der Waals surface area contributed by atoms with Gasteiger partial charge in [0.15, 0.2) is 0 Å². The fourth-order valence-corrected chi connectivity index (χ4v) is 2.52. The normalized spacial score (nSPS) is 12.3. The standard InChI is InChI=1S/C16H18ClNO/c1-10-4-5-15(19-3)14(8-10)16(18)12-6-11(2)7-13(17)9-12/h4-9,16H,18H2,1-3H3. The van der Waals surface area contributed by atoms with Gasteiger partial charge in [-0.3, -0.25) is 0 Å². The van der Waals surface area contributed by atoms with Crippen molar-refractivity contribution in [2.45, 2.75) is 19.9 Å². The van der Waals surface area contributed by atoms with E-state index >= 15 is 0 Å². The number of benzene rings is 2. The molecule has 3 heteroatoms. The second-order valence-corrected chi connectivity index (χ2v) is 5.22. The smallest absolute Gasteiger partial charge is 0.123 e. The molecule has 0 fully saturated rings. The van der Waals surface area contributed by atoms with E-state index in [1.165, 1.54) is 0 Å². The van der Waals surface area contributed by atoms with Gasteiger partial charge in [0.1, 0.15) is 5.75 Å².